The first-order chi connectivity index (χ1) is 12.6. The molecule has 7 nitrogen and oxygen atoms in total. The van der Waals surface area contributed by atoms with Crippen LogP contribution >= 0.6 is 24.0 Å². The minimum Gasteiger partial charge on any atom is -0.466 e. The molecule has 0 bridgehead atoms. The number of aliphatic hydroxyl groups is 1. The summed E-state index contributed by atoms with van der Waals surface area (Å²) in [5, 5.41) is 17.1. The topological polar surface area (TPSA) is 82.3 Å². The van der Waals surface area contributed by atoms with Gasteiger partial charge < -0.3 is 24.9 Å². The molecule has 1 aromatic heterocycles. The van der Waals surface area contributed by atoms with Crippen molar-refractivity contribution in [2.45, 2.75) is 64.9 Å². The van der Waals surface area contributed by atoms with Gasteiger partial charge in [-0.3, -0.25) is 9.89 Å². The second-order valence-electron chi connectivity index (χ2n) is 8.27. The Bertz CT molecular complexity index is 595. The van der Waals surface area contributed by atoms with Gasteiger partial charge in [0.2, 0.25) is 0 Å². The van der Waals surface area contributed by atoms with Gasteiger partial charge in [-0.15, -0.1) is 24.0 Å². The van der Waals surface area contributed by atoms with Gasteiger partial charge in [-0.1, -0.05) is 0 Å². The van der Waals surface area contributed by atoms with E-state index >= 15 is 0 Å². The Hall–Kier alpha value is -0.840. The van der Waals surface area contributed by atoms with Gasteiger partial charge in [-0.2, -0.15) is 0 Å². The number of morpholine rings is 1. The first kappa shape index (κ1) is 25.2. The van der Waals surface area contributed by atoms with Crippen molar-refractivity contribution in [1.82, 2.24) is 15.5 Å². The van der Waals surface area contributed by atoms with Gasteiger partial charge in [-0.05, 0) is 53.7 Å². The largest absolute Gasteiger partial charge is 0.466 e. The third-order valence-corrected chi connectivity index (χ3v) is 4.90. The Balaban J connectivity index is 0.00000392. The highest BCUT2D eigenvalue weighted by atomic mass is 127. The Labute approximate surface area is 186 Å². The number of ether oxygens (including phenoxy) is 1. The fourth-order valence-electron chi connectivity index (χ4n) is 3.31. The molecule has 0 amide bonds. The lowest BCUT2D eigenvalue weighted by molar-refractivity contribution is -0.0939. The van der Waals surface area contributed by atoms with Crippen LogP contribution in [0.15, 0.2) is 27.8 Å². The monoisotopic (exact) mass is 508 g/mol. The molecule has 0 aliphatic carbocycles. The van der Waals surface area contributed by atoms with Crippen LogP contribution < -0.4 is 10.6 Å². The van der Waals surface area contributed by atoms with E-state index in [9.17, 15) is 5.11 Å². The summed E-state index contributed by atoms with van der Waals surface area (Å²) in [6.45, 7) is 15.9. The second-order valence-corrected chi connectivity index (χ2v) is 8.27. The number of rotatable bonds is 7. The first-order valence-corrected chi connectivity index (χ1v) is 9.83. The van der Waals surface area contributed by atoms with Crippen LogP contribution in [0.1, 0.15) is 47.3 Å². The molecule has 1 saturated heterocycles. The minimum atomic E-state index is -1.11. The van der Waals surface area contributed by atoms with Crippen LogP contribution in [0.2, 0.25) is 0 Å². The number of hydrogen-bond acceptors (Lipinski definition) is 5. The van der Waals surface area contributed by atoms with Crippen LogP contribution in [0.3, 0.4) is 0 Å². The van der Waals surface area contributed by atoms with E-state index in [4.69, 9.17) is 14.1 Å². The highest BCUT2D eigenvalue weighted by Crippen LogP contribution is 2.22. The molecule has 1 aliphatic rings. The molecule has 8 heteroatoms. The number of aliphatic imine (C=N–C) groups is 1. The number of furan rings is 1. The predicted octanol–water partition coefficient (Wildman–Crippen LogP) is 2.55. The lowest BCUT2D eigenvalue weighted by atomic mass is 10.0. The van der Waals surface area contributed by atoms with Gasteiger partial charge in [0.05, 0.1) is 31.6 Å². The summed E-state index contributed by atoms with van der Waals surface area (Å²) in [5.74, 6) is 1.22. The van der Waals surface area contributed by atoms with E-state index in [2.05, 4.69) is 43.2 Å². The van der Waals surface area contributed by atoms with Gasteiger partial charge in [0.25, 0.3) is 0 Å². The molecule has 0 spiro atoms. The van der Waals surface area contributed by atoms with Crippen LogP contribution in [0.4, 0.5) is 0 Å². The van der Waals surface area contributed by atoms with Crippen molar-refractivity contribution < 1.29 is 14.3 Å². The highest BCUT2D eigenvalue weighted by Gasteiger charge is 2.33. The highest BCUT2D eigenvalue weighted by molar-refractivity contribution is 14.0. The van der Waals surface area contributed by atoms with E-state index in [-0.39, 0.29) is 41.7 Å². The van der Waals surface area contributed by atoms with Crippen molar-refractivity contribution in [2.24, 2.45) is 4.99 Å². The van der Waals surface area contributed by atoms with E-state index in [1.165, 1.54) is 0 Å². The van der Waals surface area contributed by atoms with E-state index in [0.717, 1.165) is 19.6 Å². The summed E-state index contributed by atoms with van der Waals surface area (Å²) in [4.78, 5) is 7.21. The van der Waals surface area contributed by atoms with Crippen molar-refractivity contribution in [3.63, 3.8) is 0 Å². The summed E-state index contributed by atoms with van der Waals surface area (Å²) in [5.41, 5.74) is -1.19. The van der Waals surface area contributed by atoms with Gasteiger partial charge in [-0.25, -0.2) is 0 Å². The molecule has 1 aliphatic heterocycles. The molecule has 28 heavy (non-hydrogen) atoms. The molecule has 2 heterocycles. The lowest BCUT2D eigenvalue weighted by Gasteiger charge is -2.44. The van der Waals surface area contributed by atoms with Crippen LogP contribution in [0, 0.1) is 0 Å². The molecule has 0 aromatic carbocycles. The van der Waals surface area contributed by atoms with Gasteiger partial charge in [0, 0.05) is 25.2 Å². The second kappa shape index (κ2) is 10.8. The average molecular weight is 508 g/mol. The maximum atomic E-state index is 10.6. The number of nitrogens with zero attached hydrogens (tertiary/aromatic N) is 2. The van der Waals surface area contributed by atoms with Crippen LogP contribution in [-0.2, 0) is 10.3 Å². The smallest absolute Gasteiger partial charge is 0.191 e. The fraction of sp³-hybridized carbons (Fsp3) is 0.750. The summed E-state index contributed by atoms with van der Waals surface area (Å²) in [7, 11) is 0. The molecule has 162 valence electrons. The number of guanidine groups is 1. The maximum Gasteiger partial charge on any atom is 0.191 e. The van der Waals surface area contributed by atoms with Crippen LogP contribution in [0.25, 0.3) is 0 Å². The van der Waals surface area contributed by atoms with Crippen molar-refractivity contribution in [3.05, 3.63) is 24.2 Å². The van der Waals surface area contributed by atoms with Crippen molar-refractivity contribution >= 4 is 29.9 Å². The summed E-state index contributed by atoms with van der Waals surface area (Å²) >= 11 is 0. The molecule has 3 N–H and O–H groups in total. The van der Waals surface area contributed by atoms with Gasteiger partial charge >= 0.3 is 0 Å². The third kappa shape index (κ3) is 7.20. The molecule has 0 radical (unpaired) electrons. The Morgan fingerprint density at radius 2 is 1.89 bits per heavy atom. The summed E-state index contributed by atoms with van der Waals surface area (Å²) in [6.07, 6.45) is 2.02. The summed E-state index contributed by atoms with van der Waals surface area (Å²) < 4.78 is 11.2. The zero-order chi connectivity index (χ0) is 20.1. The molecule has 1 aromatic rings. The quantitative estimate of drug-likeness (QED) is 0.299. The van der Waals surface area contributed by atoms with Gasteiger partial charge in [0.1, 0.15) is 11.4 Å². The molecule has 1 fully saturated rings. The third-order valence-electron chi connectivity index (χ3n) is 4.90. The van der Waals surface area contributed by atoms with Crippen molar-refractivity contribution in [3.8, 4) is 0 Å². The van der Waals surface area contributed by atoms with Crippen LogP contribution in [-0.4, -0.2) is 66.4 Å². The Morgan fingerprint density at radius 1 is 1.25 bits per heavy atom. The first-order valence-electron chi connectivity index (χ1n) is 9.83. The van der Waals surface area contributed by atoms with E-state index in [1.807, 2.05) is 6.92 Å². The number of hydrogen-bond donors (Lipinski definition) is 3. The standard InChI is InChI=1S/C20H36N4O3.HI/c1-7-21-18(23-14-20(6,25)17-9-8-10-26-17)22-13-19(4,5)24-11-15(2)27-16(3)12-24;/h8-10,15-16,25H,7,11-14H2,1-6H3,(H2,21,22,23);1H. The van der Waals surface area contributed by atoms with Crippen molar-refractivity contribution in [1.29, 1.82) is 0 Å². The Morgan fingerprint density at radius 3 is 2.43 bits per heavy atom. The number of nitrogens with one attached hydrogen (secondary N) is 2. The van der Waals surface area contributed by atoms with Crippen LogP contribution in [0.5, 0.6) is 0 Å². The number of halogens is 1. The normalized spacial score (nSPS) is 23.6. The van der Waals surface area contributed by atoms with Crippen molar-refractivity contribution in [2.75, 3.05) is 32.7 Å². The summed E-state index contributed by atoms with van der Waals surface area (Å²) in [6, 6.07) is 3.55. The fourth-order valence-corrected chi connectivity index (χ4v) is 3.31. The lowest BCUT2D eigenvalue weighted by Crippen LogP contribution is -2.56. The van der Waals surface area contributed by atoms with E-state index < -0.39 is 5.60 Å². The zero-order valence-electron chi connectivity index (χ0n) is 18.0. The molecule has 3 unspecified atom stereocenters. The van der Waals surface area contributed by atoms with E-state index in [1.54, 1.807) is 25.3 Å². The molecule has 3 atom stereocenters. The SMILES string of the molecule is CCNC(=NCC(C)(C)N1CC(C)OC(C)C1)NCC(C)(O)c1ccco1.I. The van der Waals surface area contributed by atoms with Gasteiger partial charge in [0.15, 0.2) is 5.96 Å². The minimum absolute atomic E-state index is 0. The predicted molar refractivity (Wildman–Crippen MR) is 123 cm³/mol. The molecular formula is C20H37IN4O3. The molecule has 0 saturated carbocycles. The Kier molecular flexibility index (Phi) is 9.72. The van der Waals surface area contributed by atoms with E-state index in [0.29, 0.717) is 24.8 Å². The molecular weight excluding hydrogens is 471 g/mol. The molecule has 2 rings (SSSR count). The average Bonchev–Trinajstić information content (AvgIpc) is 3.12. The zero-order valence-corrected chi connectivity index (χ0v) is 20.3. The maximum absolute atomic E-state index is 10.6.